The zero-order chi connectivity index (χ0) is 12.7. The average molecular weight is 364 g/mol. The van der Waals surface area contributed by atoms with E-state index in [9.17, 15) is 0 Å². The second kappa shape index (κ2) is 7.68. The molecule has 4 nitrogen and oxygen atoms in total. The number of aliphatic imine (C=N–C) groups is 1. The van der Waals surface area contributed by atoms with Crippen LogP contribution in [0.5, 0.6) is 0 Å². The molecular formula is C11H16Br2N4. The lowest BCUT2D eigenvalue weighted by Crippen LogP contribution is -2.36. The summed E-state index contributed by atoms with van der Waals surface area (Å²) in [6.07, 6.45) is 2.16. The van der Waals surface area contributed by atoms with Gasteiger partial charge in [-0.1, -0.05) is 19.4 Å². The molecule has 0 radical (unpaired) electrons. The van der Waals surface area contributed by atoms with Crippen molar-refractivity contribution in [3.63, 3.8) is 0 Å². The van der Waals surface area contributed by atoms with Crippen LogP contribution in [0.3, 0.4) is 0 Å². The summed E-state index contributed by atoms with van der Waals surface area (Å²) in [7, 11) is 0. The van der Waals surface area contributed by atoms with Crippen molar-refractivity contribution >= 4 is 43.5 Å². The number of hydrogen-bond donors (Lipinski definition) is 3. The maximum atomic E-state index is 5.43. The predicted molar refractivity (Wildman–Crippen MR) is 80.0 cm³/mol. The van der Waals surface area contributed by atoms with Gasteiger partial charge in [-0.2, -0.15) is 0 Å². The minimum atomic E-state index is 0.561. The van der Waals surface area contributed by atoms with Gasteiger partial charge in [-0.05, 0) is 50.4 Å². The van der Waals surface area contributed by atoms with E-state index in [1.807, 2.05) is 18.2 Å². The maximum absolute atomic E-state index is 5.43. The van der Waals surface area contributed by atoms with Crippen molar-refractivity contribution in [1.82, 2.24) is 5.43 Å². The molecule has 0 spiro atoms. The molecule has 0 saturated heterocycles. The lowest BCUT2D eigenvalue weighted by atomic mass is 10.3. The summed E-state index contributed by atoms with van der Waals surface area (Å²) in [6, 6.07) is 5.85. The molecule has 94 valence electrons. The largest absolute Gasteiger partial charge is 0.323 e. The van der Waals surface area contributed by atoms with Crippen molar-refractivity contribution in [2.24, 2.45) is 10.8 Å². The Labute approximate surface area is 118 Å². The second-order valence-electron chi connectivity index (χ2n) is 3.45. The molecule has 0 unspecified atom stereocenters. The Morgan fingerprint density at radius 1 is 1.35 bits per heavy atom. The van der Waals surface area contributed by atoms with Crippen molar-refractivity contribution in [2.45, 2.75) is 19.8 Å². The Hall–Kier alpha value is -0.590. The smallest absolute Gasteiger partial charge is 0.210 e. The average Bonchev–Trinajstić information content (AvgIpc) is 2.32. The highest BCUT2D eigenvalue weighted by molar-refractivity contribution is 9.11. The van der Waals surface area contributed by atoms with Gasteiger partial charge in [-0.3, -0.25) is 10.4 Å². The van der Waals surface area contributed by atoms with E-state index in [2.05, 4.69) is 54.5 Å². The number of para-hydroxylation sites is 1. The topological polar surface area (TPSA) is 62.4 Å². The lowest BCUT2D eigenvalue weighted by molar-refractivity contribution is 0.801. The van der Waals surface area contributed by atoms with Gasteiger partial charge in [-0.15, -0.1) is 0 Å². The van der Waals surface area contributed by atoms with Gasteiger partial charge in [0.25, 0.3) is 0 Å². The maximum Gasteiger partial charge on any atom is 0.210 e. The molecule has 0 aliphatic rings. The number of nitrogens with one attached hydrogen (secondary N) is 2. The summed E-state index contributed by atoms with van der Waals surface area (Å²) in [6.45, 7) is 2.88. The number of unbranched alkanes of at least 4 members (excludes halogenated alkanes) is 1. The summed E-state index contributed by atoms with van der Waals surface area (Å²) < 4.78 is 1.90. The number of halogens is 2. The highest BCUT2D eigenvalue weighted by atomic mass is 79.9. The Balaban J connectivity index is 2.77. The van der Waals surface area contributed by atoms with E-state index in [-0.39, 0.29) is 0 Å². The van der Waals surface area contributed by atoms with Gasteiger partial charge in [0.2, 0.25) is 5.96 Å². The lowest BCUT2D eigenvalue weighted by Gasteiger charge is -2.12. The summed E-state index contributed by atoms with van der Waals surface area (Å²) >= 11 is 6.94. The van der Waals surface area contributed by atoms with E-state index < -0.39 is 0 Å². The number of anilines is 1. The molecule has 17 heavy (non-hydrogen) atoms. The minimum Gasteiger partial charge on any atom is -0.323 e. The van der Waals surface area contributed by atoms with Crippen LogP contribution >= 0.6 is 31.9 Å². The summed E-state index contributed by atoms with van der Waals surface area (Å²) in [5, 5.41) is 3.14. The first-order valence-electron chi connectivity index (χ1n) is 5.41. The van der Waals surface area contributed by atoms with Gasteiger partial charge in [0, 0.05) is 15.5 Å². The molecule has 0 atom stereocenters. The van der Waals surface area contributed by atoms with Gasteiger partial charge in [-0.25, -0.2) is 5.84 Å². The first-order valence-corrected chi connectivity index (χ1v) is 6.99. The molecule has 0 aliphatic heterocycles. The van der Waals surface area contributed by atoms with E-state index in [1.54, 1.807) is 0 Å². The van der Waals surface area contributed by atoms with Crippen LogP contribution in [-0.2, 0) is 0 Å². The first kappa shape index (κ1) is 14.5. The van der Waals surface area contributed by atoms with E-state index in [0.29, 0.717) is 5.96 Å². The minimum absolute atomic E-state index is 0.561. The van der Waals surface area contributed by atoms with E-state index in [0.717, 1.165) is 34.0 Å². The van der Waals surface area contributed by atoms with Gasteiger partial charge in [0.15, 0.2) is 0 Å². The van der Waals surface area contributed by atoms with Crippen LogP contribution in [0.2, 0.25) is 0 Å². The SMILES string of the molecule is CCCCN=C(NN)Nc1c(Br)cccc1Br. The van der Waals surface area contributed by atoms with Crippen LogP contribution in [0.15, 0.2) is 32.1 Å². The molecular weight excluding hydrogens is 348 g/mol. The number of benzene rings is 1. The van der Waals surface area contributed by atoms with E-state index >= 15 is 0 Å². The van der Waals surface area contributed by atoms with Crippen molar-refractivity contribution in [2.75, 3.05) is 11.9 Å². The van der Waals surface area contributed by atoms with Crippen LogP contribution in [0.1, 0.15) is 19.8 Å². The highest BCUT2D eigenvalue weighted by Crippen LogP contribution is 2.30. The summed E-state index contributed by atoms with van der Waals surface area (Å²) in [5.74, 6) is 5.99. The Morgan fingerprint density at radius 3 is 2.53 bits per heavy atom. The van der Waals surface area contributed by atoms with Gasteiger partial charge >= 0.3 is 0 Å². The van der Waals surface area contributed by atoms with Gasteiger partial charge in [0.1, 0.15) is 0 Å². The molecule has 0 saturated carbocycles. The zero-order valence-electron chi connectivity index (χ0n) is 9.63. The molecule has 1 rings (SSSR count). The standard InChI is InChI=1S/C11H16Br2N4/c1-2-3-7-15-11(17-14)16-10-8(12)5-4-6-9(10)13/h4-6H,2-3,7,14H2,1H3,(H2,15,16,17). The third kappa shape index (κ3) is 4.65. The number of nitrogens with two attached hydrogens (primary N) is 1. The number of hydrogen-bond acceptors (Lipinski definition) is 2. The van der Waals surface area contributed by atoms with E-state index in [1.165, 1.54) is 0 Å². The predicted octanol–water partition coefficient (Wildman–Crippen LogP) is 3.24. The molecule has 0 aromatic heterocycles. The third-order valence-corrected chi connectivity index (χ3v) is 3.45. The Morgan fingerprint density at radius 2 is 2.00 bits per heavy atom. The van der Waals surface area contributed by atoms with Crippen molar-refractivity contribution < 1.29 is 0 Å². The van der Waals surface area contributed by atoms with Gasteiger partial charge in [0.05, 0.1) is 5.69 Å². The fourth-order valence-corrected chi connectivity index (χ4v) is 2.40. The summed E-state index contributed by atoms with van der Waals surface area (Å²) in [5.41, 5.74) is 3.46. The zero-order valence-corrected chi connectivity index (χ0v) is 12.8. The third-order valence-electron chi connectivity index (χ3n) is 2.12. The quantitative estimate of drug-likeness (QED) is 0.253. The summed E-state index contributed by atoms with van der Waals surface area (Å²) in [4.78, 5) is 4.34. The molecule has 1 aromatic carbocycles. The Kier molecular flexibility index (Phi) is 6.54. The monoisotopic (exact) mass is 362 g/mol. The Bertz CT molecular complexity index is 373. The van der Waals surface area contributed by atoms with Crippen LogP contribution < -0.4 is 16.6 Å². The number of nitrogens with zero attached hydrogens (tertiary/aromatic N) is 1. The van der Waals surface area contributed by atoms with Crippen molar-refractivity contribution in [1.29, 1.82) is 0 Å². The molecule has 0 aliphatic carbocycles. The van der Waals surface area contributed by atoms with Crippen LogP contribution in [0.4, 0.5) is 5.69 Å². The van der Waals surface area contributed by atoms with E-state index in [4.69, 9.17) is 5.84 Å². The number of guanidine groups is 1. The number of hydrazine groups is 1. The van der Waals surface area contributed by atoms with Crippen LogP contribution in [-0.4, -0.2) is 12.5 Å². The highest BCUT2D eigenvalue weighted by Gasteiger charge is 2.06. The normalized spacial score (nSPS) is 11.4. The molecule has 1 aromatic rings. The molecule has 0 heterocycles. The fourth-order valence-electron chi connectivity index (χ4n) is 1.21. The molecule has 6 heteroatoms. The molecule has 0 amide bonds. The van der Waals surface area contributed by atoms with Crippen LogP contribution in [0.25, 0.3) is 0 Å². The molecule has 4 N–H and O–H groups in total. The second-order valence-corrected chi connectivity index (χ2v) is 5.16. The fraction of sp³-hybridized carbons (Fsp3) is 0.364. The van der Waals surface area contributed by atoms with Gasteiger partial charge < -0.3 is 5.32 Å². The van der Waals surface area contributed by atoms with Crippen molar-refractivity contribution in [3.8, 4) is 0 Å². The first-order chi connectivity index (χ1) is 8.19. The van der Waals surface area contributed by atoms with Crippen molar-refractivity contribution in [3.05, 3.63) is 27.1 Å². The van der Waals surface area contributed by atoms with Crippen LogP contribution in [0, 0.1) is 0 Å². The molecule has 0 bridgehead atoms. The molecule has 0 fully saturated rings. The number of rotatable bonds is 4.